The van der Waals surface area contributed by atoms with E-state index in [4.69, 9.17) is 44.6 Å². The lowest BCUT2D eigenvalue weighted by atomic mass is 9.82. The molecule has 3 N–H and O–H groups in total. The maximum Gasteiger partial charge on any atom is 0.207 e. The number of ether oxygens (including phenoxy) is 5. The number of benzene rings is 4. The Morgan fingerprint density at radius 1 is 0.857 bits per heavy atom. The molecule has 0 unspecified atom stereocenters. The molecule has 0 spiro atoms. The van der Waals surface area contributed by atoms with Gasteiger partial charge < -0.3 is 29.0 Å². The van der Waals surface area contributed by atoms with Crippen LogP contribution >= 0.6 is 11.3 Å². The minimum absolute atomic E-state index is 0.0873. The van der Waals surface area contributed by atoms with Crippen LogP contribution in [0.1, 0.15) is 75.8 Å². The second-order valence-corrected chi connectivity index (χ2v) is 16.9. The number of hydrogen-bond acceptors (Lipinski definition) is 12. The fraction of sp³-hybridized carbons (Fsp3) is 0.412. The van der Waals surface area contributed by atoms with Gasteiger partial charge in [0.2, 0.25) is 11.0 Å². The first-order chi connectivity index (χ1) is 30.9. The Labute approximate surface area is 377 Å². The fourth-order valence-corrected chi connectivity index (χ4v) is 8.49. The Hall–Kier alpha value is -5.56. The van der Waals surface area contributed by atoms with Crippen LogP contribution in [0.3, 0.4) is 0 Å². The standard InChI is InChI=1S/C51H64N6O5S/c1-4-12-38-15-19-40(20-16-38)46-28-27-45(35-42(46)36-55-57(31-29-54-30-34-58-3)51-56-47-13-8-9-14-48(47)63-51)61-37-39-17-21-41(22-18-39)50(53)62-44-25-23-43(24-26-44)59-32-10-6-7-11-33-60-49(52)5-2/h5,8-9,13-16,19-20,23-28,35-36,39,41,52-54H,2,4,6-7,10-12,17-18,21-22,29-34,37H2,1,3H3/b52-49?,53-50?,55-36+. The summed E-state index contributed by atoms with van der Waals surface area (Å²) in [7, 11) is 1.71. The van der Waals surface area contributed by atoms with Gasteiger partial charge in [-0.15, -0.1) is 0 Å². The summed E-state index contributed by atoms with van der Waals surface area (Å²) in [6, 6.07) is 30.9. The number of nitrogens with zero attached hydrogens (tertiary/aromatic N) is 3. The van der Waals surface area contributed by atoms with Gasteiger partial charge in [0, 0.05) is 31.7 Å². The third-order valence-electron chi connectivity index (χ3n) is 11.2. The van der Waals surface area contributed by atoms with Crippen molar-refractivity contribution < 1.29 is 23.7 Å². The van der Waals surface area contributed by atoms with E-state index in [0.717, 1.165) is 121 Å². The van der Waals surface area contributed by atoms with Crippen LogP contribution in [0.25, 0.3) is 21.3 Å². The third-order valence-corrected chi connectivity index (χ3v) is 12.2. The first kappa shape index (κ1) is 46.9. The highest BCUT2D eigenvalue weighted by Crippen LogP contribution is 2.33. The number of para-hydroxylation sites is 1. The predicted molar refractivity (Wildman–Crippen MR) is 259 cm³/mol. The van der Waals surface area contributed by atoms with Gasteiger partial charge in [-0.05, 0) is 135 Å². The molecule has 0 amide bonds. The summed E-state index contributed by atoms with van der Waals surface area (Å²) in [5.41, 5.74) is 5.50. The lowest BCUT2D eigenvalue weighted by Crippen LogP contribution is -2.30. The molecule has 0 saturated heterocycles. The van der Waals surface area contributed by atoms with Gasteiger partial charge >= 0.3 is 0 Å². The fourth-order valence-electron chi connectivity index (χ4n) is 7.54. The van der Waals surface area contributed by atoms with E-state index < -0.39 is 0 Å². The number of thiazole rings is 1. The highest BCUT2D eigenvalue weighted by atomic mass is 32.1. The average Bonchev–Trinajstić information content (AvgIpc) is 3.75. The van der Waals surface area contributed by atoms with Gasteiger partial charge in [-0.1, -0.05) is 73.7 Å². The maximum absolute atomic E-state index is 8.74. The summed E-state index contributed by atoms with van der Waals surface area (Å²) >= 11 is 1.64. The van der Waals surface area contributed by atoms with E-state index in [-0.39, 0.29) is 11.8 Å². The second-order valence-electron chi connectivity index (χ2n) is 15.9. The molecule has 1 aromatic heterocycles. The third kappa shape index (κ3) is 15.0. The van der Waals surface area contributed by atoms with E-state index in [1.54, 1.807) is 18.4 Å². The molecule has 63 heavy (non-hydrogen) atoms. The SMILES string of the molecule is C=CC(=N)OCCCCCCOc1ccc(OC(=N)C2CCC(COc3ccc(-c4ccc(CCC)cc4)c(/C=N/N(CCNCCOC)c4nc5ccccc5s4)c3)CC2)cc1. The summed E-state index contributed by atoms with van der Waals surface area (Å²) in [4.78, 5) is 4.93. The van der Waals surface area contributed by atoms with Crippen molar-refractivity contribution in [3.8, 4) is 28.4 Å². The molecule has 1 aliphatic rings. The first-order valence-electron chi connectivity index (χ1n) is 22.5. The van der Waals surface area contributed by atoms with Gasteiger partial charge in [0.25, 0.3) is 0 Å². The van der Waals surface area contributed by atoms with Crippen LogP contribution in [0.15, 0.2) is 109 Å². The normalized spacial score (nSPS) is 15.0. The summed E-state index contributed by atoms with van der Waals surface area (Å²) in [5, 5.41) is 27.5. The minimum Gasteiger partial charge on any atom is -0.494 e. The van der Waals surface area contributed by atoms with Gasteiger partial charge in [0.15, 0.2) is 5.90 Å². The van der Waals surface area contributed by atoms with Crippen molar-refractivity contribution in [3.05, 3.63) is 115 Å². The molecule has 6 rings (SSSR count). The molecule has 1 saturated carbocycles. The number of rotatable bonds is 26. The number of fused-ring (bicyclic) bond motifs is 1. The van der Waals surface area contributed by atoms with Crippen LogP contribution < -0.4 is 24.5 Å². The monoisotopic (exact) mass is 872 g/mol. The average molecular weight is 873 g/mol. The number of unbranched alkanes of at least 4 members (excludes halogenated alkanes) is 3. The van der Waals surface area contributed by atoms with Gasteiger partial charge in [0.05, 0.1) is 49.4 Å². The lowest BCUT2D eigenvalue weighted by molar-refractivity contribution is 0.194. The van der Waals surface area contributed by atoms with Gasteiger partial charge in [-0.2, -0.15) is 5.10 Å². The molecule has 0 bridgehead atoms. The second kappa shape index (κ2) is 25.5. The predicted octanol–water partition coefficient (Wildman–Crippen LogP) is 11.4. The highest BCUT2D eigenvalue weighted by molar-refractivity contribution is 7.22. The Balaban J connectivity index is 1.02. The number of methoxy groups -OCH3 is 1. The van der Waals surface area contributed by atoms with Crippen LogP contribution in [0.4, 0.5) is 5.13 Å². The first-order valence-corrected chi connectivity index (χ1v) is 23.3. The molecule has 5 aromatic rings. The molecule has 12 heteroatoms. The van der Waals surface area contributed by atoms with Crippen LogP contribution in [-0.2, 0) is 15.9 Å². The Kier molecular flexibility index (Phi) is 19.0. The van der Waals surface area contributed by atoms with Crippen molar-refractivity contribution in [3.63, 3.8) is 0 Å². The van der Waals surface area contributed by atoms with Crippen molar-refractivity contribution in [2.45, 2.75) is 71.1 Å². The van der Waals surface area contributed by atoms with Crippen LogP contribution in [0, 0.1) is 22.7 Å². The van der Waals surface area contributed by atoms with Gasteiger partial charge in [-0.3, -0.25) is 10.8 Å². The molecule has 11 nitrogen and oxygen atoms in total. The number of aromatic nitrogens is 1. The van der Waals surface area contributed by atoms with Crippen molar-refractivity contribution >= 4 is 44.7 Å². The number of hydrogen-bond donors (Lipinski definition) is 3. The highest BCUT2D eigenvalue weighted by Gasteiger charge is 2.26. The Morgan fingerprint density at radius 2 is 1.60 bits per heavy atom. The quantitative estimate of drug-likeness (QED) is 0.0216. The zero-order valence-electron chi connectivity index (χ0n) is 37.0. The summed E-state index contributed by atoms with van der Waals surface area (Å²) in [5.74, 6) is 3.19. The van der Waals surface area contributed by atoms with Crippen molar-refractivity contribution in [2.24, 2.45) is 16.9 Å². The molecular formula is C51H64N6O5S. The summed E-state index contributed by atoms with van der Waals surface area (Å²) in [6.07, 6.45) is 13.2. The molecule has 334 valence electrons. The number of hydrazone groups is 1. The summed E-state index contributed by atoms with van der Waals surface area (Å²) in [6.45, 7) is 10.3. The van der Waals surface area contributed by atoms with Gasteiger partial charge in [0.1, 0.15) is 17.2 Å². The van der Waals surface area contributed by atoms with Crippen LogP contribution in [0.2, 0.25) is 0 Å². The Morgan fingerprint density at radius 3 is 2.35 bits per heavy atom. The van der Waals surface area contributed by atoms with E-state index in [9.17, 15) is 0 Å². The summed E-state index contributed by atoms with van der Waals surface area (Å²) < 4.78 is 30.0. The van der Waals surface area contributed by atoms with Crippen LogP contribution in [-0.4, -0.2) is 76.2 Å². The number of aryl methyl sites for hydroxylation is 1. The van der Waals surface area contributed by atoms with E-state index in [1.165, 1.54) is 11.6 Å². The number of nitrogens with one attached hydrogen (secondary N) is 3. The van der Waals surface area contributed by atoms with Crippen molar-refractivity contribution in [1.29, 1.82) is 10.8 Å². The molecule has 0 atom stereocenters. The zero-order chi connectivity index (χ0) is 44.1. The molecule has 0 aliphatic heterocycles. The topological polar surface area (TPSA) is 134 Å². The van der Waals surface area contributed by atoms with E-state index in [1.807, 2.05) is 53.7 Å². The molecule has 0 radical (unpaired) electrons. The smallest absolute Gasteiger partial charge is 0.207 e. The maximum atomic E-state index is 8.74. The van der Waals surface area contributed by atoms with E-state index >= 15 is 0 Å². The molecule has 4 aromatic carbocycles. The van der Waals surface area contributed by atoms with Gasteiger partial charge in [-0.25, -0.2) is 9.99 Å². The number of anilines is 1. The largest absolute Gasteiger partial charge is 0.494 e. The minimum atomic E-state index is 0.0873. The van der Waals surface area contributed by atoms with Crippen LogP contribution in [0.5, 0.6) is 17.2 Å². The van der Waals surface area contributed by atoms with Crippen molar-refractivity contribution in [1.82, 2.24) is 10.3 Å². The zero-order valence-corrected chi connectivity index (χ0v) is 37.8. The van der Waals surface area contributed by atoms with E-state index in [0.29, 0.717) is 50.5 Å². The molecule has 1 fully saturated rings. The molecular weight excluding hydrogens is 809 g/mol. The Bertz CT molecular complexity index is 2170. The molecule has 1 heterocycles. The molecule has 1 aliphatic carbocycles. The van der Waals surface area contributed by atoms with E-state index in [2.05, 4.69) is 67.4 Å². The lowest BCUT2D eigenvalue weighted by Gasteiger charge is -2.28. The van der Waals surface area contributed by atoms with Crippen molar-refractivity contribution in [2.75, 3.05) is 58.2 Å².